The fourth-order valence-electron chi connectivity index (χ4n) is 2.25. The Kier molecular flexibility index (Phi) is 2.80. The first-order valence-electron chi connectivity index (χ1n) is 5.91. The molecule has 0 aliphatic carbocycles. The number of carbonyl (C=O) groups excluding carboxylic acids is 1. The van der Waals surface area contributed by atoms with E-state index in [4.69, 9.17) is 11.6 Å². The highest BCUT2D eigenvalue weighted by atomic mass is 35.5. The van der Waals surface area contributed by atoms with Gasteiger partial charge in [0.1, 0.15) is 0 Å². The Morgan fingerprint density at radius 1 is 1.00 bits per heavy atom. The van der Waals surface area contributed by atoms with Crippen LogP contribution in [0.2, 0.25) is 5.02 Å². The van der Waals surface area contributed by atoms with Gasteiger partial charge >= 0.3 is 0 Å². The highest BCUT2D eigenvalue weighted by Gasteiger charge is 2.16. The molecule has 0 aromatic heterocycles. The number of nitrogens with one attached hydrogen (secondary N) is 1. The SMILES string of the molecule is O=C1NCCc2cc(-c3ccc(Cl)cc3)ccc21. The van der Waals surface area contributed by atoms with Crippen LogP contribution in [0.25, 0.3) is 11.1 Å². The zero-order chi connectivity index (χ0) is 12.5. The molecule has 1 aliphatic rings. The second-order valence-corrected chi connectivity index (χ2v) is 4.82. The largest absolute Gasteiger partial charge is 0.352 e. The maximum Gasteiger partial charge on any atom is 0.251 e. The zero-order valence-electron chi connectivity index (χ0n) is 9.74. The minimum absolute atomic E-state index is 0.0268. The van der Waals surface area contributed by atoms with Crippen LogP contribution in [-0.2, 0) is 6.42 Å². The van der Waals surface area contributed by atoms with E-state index >= 15 is 0 Å². The van der Waals surface area contributed by atoms with Crippen molar-refractivity contribution >= 4 is 17.5 Å². The lowest BCUT2D eigenvalue weighted by atomic mass is 9.95. The predicted molar refractivity (Wildman–Crippen MR) is 72.9 cm³/mol. The van der Waals surface area contributed by atoms with Gasteiger partial charge in [-0.05, 0) is 41.3 Å². The number of fused-ring (bicyclic) bond motifs is 1. The summed E-state index contributed by atoms with van der Waals surface area (Å²) in [5.41, 5.74) is 4.15. The standard InChI is InChI=1S/C15H12ClNO/c16-13-4-1-10(2-5-13)11-3-6-14-12(9-11)7-8-17-15(14)18/h1-6,9H,7-8H2,(H,17,18). The van der Waals surface area contributed by atoms with Gasteiger partial charge in [0.25, 0.3) is 5.91 Å². The summed E-state index contributed by atoms with van der Waals surface area (Å²) in [4.78, 5) is 11.6. The molecular formula is C15H12ClNO. The van der Waals surface area contributed by atoms with E-state index in [1.54, 1.807) is 0 Å². The Labute approximate surface area is 111 Å². The topological polar surface area (TPSA) is 29.1 Å². The van der Waals surface area contributed by atoms with E-state index in [-0.39, 0.29) is 5.91 Å². The van der Waals surface area contributed by atoms with Gasteiger partial charge in [0, 0.05) is 17.1 Å². The van der Waals surface area contributed by atoms with Gasteiger partial charge in [-0.15, -0.1) is 0 Å². The first kappa shape index (κ1) is 11.3. The van der Waals surface area contributed by atoms with Gasteiger partial charge in [-0.2, -0.15) is 0 Å². The average Bonchev–Trinajstić information content (AvgIpc) is 2.39. The monoisotopic (exact) mass is 257 g/mol. The van der Waals surface area contributed by atoms with Gasteiger partial charge in [0.05, 0.1) is 0 Å². The van der Waals surface area contributed by atoms with Crippen molar-refractivity contribution in [1.82, 2.24) is 5.32 Å². The first-order chi connectivity index (χ1) is 8.74. The normalized spacial score (nSPS) is 13.9. The summed E-state index contributed by atoms with van der Waals surface area (Å²) in [6, 6.07) is 13.7. The summed E-state index contributed by atoms with van der Waals surface area (Å²) >= 11 is 5.88. The summed E-state index contributed by atoms with van der Waals surface area (Å²) in [6.07, 6.45) is 0.891. The second-order valence-electron chi connectivity index (χ2n) is 4.38. The molecule has 0 atom stereocenters. The lowest BCUT2D eigenvalue weighted by Crippen LogP contribution is -2.31. The van der Waals surface area contributed by atoms with Gasteiger partial charge in [0.15, 0.2) is 0 Å². The van der Waals surface area contributed by atoms with E-state index in [0.717, 1.165) is 40.2 Å². The van der Waals surface area contributed by atoms with Crippen LogP contribution in [0, 0.1) is 0 Å². The zero-order valence-corrected chi connectivity index (χ0v) is 10.5. The van der Waals surface area contributed by atoms with Crippen molar-refractivity contribution in [2.75, 3.05) is 6.54 Å². The molecule has 1 heterocycles. The van der Waals surface area contributed by atoms with E-state index in [0.29, 0.717) is 0 Å². The maximum absolute atomic E-state index is 11.6. The molecule has 0 saturated carbocycles. The average molecular weight is 258 g/mol. The molecule has 2 nitrogen and oxygen atoms in total. The lowest BCUT2D eigenvalue weighted by Gasteiger charge is -2.17. The minimum Gasteiger partial charge on any atom is -0.352 e. The summed E-state index contributed by atoms with van der Waals surface area (Å²) in [7, 11) is 0. The quantitative estimate of drug-likeness (QED) is 0.835. The molecule has 18 heavy (non-hydrogen) atoms. The molecule has 0 bridgehead atoms. The van der Waals surface area contributed by atoms with Crippen LogP contribution in [0.5, 0.6) is 0 Å². The second kappa shape index (κ2) is 4.46. The van der Waals surface area contributed by atoms with Crippen LogP contribution in [0.4, 0.5) is 0 Å². The molecule has 0 fully saturated rings. The molecular weight excluding hydrogens is 246 g/mol. The minimum atomic E-state index is 0.0268. The van der Waals surface area contributed by atoms with Crippen molar-refractivity contribution < 1.29 is 4.79 Å². The number of hydrogen-bond acceptors (Lipinski definition) is 1. The van der Waals surface area contributed by atoms with Crippen molar-refractivity contribution in [1.29, 1.82) is 0 Å². The van der Waals surface area contributed by atoms with Gasteiger partial charge in [-0.25, -0.2) is 0 Å². The van der Waals surface area contributed by atoms with E-state index in [1.807, 2.05) is 36.4 Å². The molecule has 90 valence electrons. The number of benzene rings is 2. The summed E-state index contributed by atoms with van der Waals surface area (Å²) in [5.74, 6) is 0.0268. The molecule has 3 heteroatoms. The summed E-state index contributed by atoms with van der Waals surface area (Å²) < 4.78 is 0. The fourth-order valence-corrected chi connectivity index (χ4v) is 2.38. The van der Waals surface area contributed by atoms with Crippen LogP contribution >= 0.6 is 11.6 Å². The van der Waals surface area contributed by atoms with Crippen molar-refractivity contribution in [3.63, 3.8) is 0 Å². The van der Waals surface area contributed by atoms with Gasteiger partial charge in [0.2, 0.25) is 0 Å². The highest BCUT2D eigenvalue weighted by Crippen LogP contribution is 2.25. The van der Waals surface area contributed by atoms with Crippen molar-refractivity contribution in [3.8, 4) is 11.1 Å². The third-order valence-electron chi connectivity index (χ3n) is 3.21. The molecule has 1 aliphatic heterocycles. The fraction of sp³-hybridized carbons (Fsp3) is 0.133. The molecule has 0 saturated heterocycles. The maximum atomic E-state index is 11.6. The molecule has 3 rings (SSSR count). The molecule has 0 radical (unpaired) electrons. The Hall–Kier alpha value is -1.80. The molecule has 0 unspecified atom stereocenters. The summed E-state index contributed by atoms with van der Waals surface area (Å²) in [6.45, 7) is 0.718. The molecule has 2 aromatic rings. The molecule has 2 aromatic carbocycles. The number of amides is 1. The molecule has 0 spiro atoms. The Morgan fingerprint density at radius 3 is 2.50 bits per heavy atom. The third kappa shape index (κ3) is 2.00. The highest BCUT2D eigenvalue weighted by molar-refractivity contribution is 6.30. The van der Waals surface area contributed by atoms with E-state index in [1.165, 1.54) is 0 Å². The molecule has 1 N–H and O–H groups in total. The number of carbonyl (C=O) groups is 1. The van der Waals surface area contributed by atoms with Crippen LogP contribution in [-0.4, -0.2) is 12.5 Å². The van der Waals surface area contributed by atoms with Crippen molar-refractivity contribution in [2.45, 2.75) is 6.42 Å². The van der Waals surface area contributed by atoms with E-state index in [9.17, 15) is 4.79 Å². The predicted octanol–water partition coefficient (Wildman–Crippen LogP) is 3.29. The Balaban J connectivity index is 2.04. The van der Waals surface area contributed by atoms with Crippen LogP contribution in [0.1, 0.15) is 15.9 Å². The van der Waals surface area contributed by atoms with Gasteiger partial charge < -0.3 is 5.32 Å². The summed E-state index contributed by atoms with van der Waals surface area (Å²) in [5, 5.41) is 3.58. The van der Waals surface area contributed by atoms with Crippen LogP contribution in [0.15, 0.2) is 42.5 Å². The molecule has 1 amide bonds. The number of halogens is 1. The lowest BCUT2D eigenvalue weighted by molar-refractivity contribution is 0.0946. The third-order valence-corrected chi connectivity index (χ3v) is 3.46. The Bertz CT molecular complexity index is 604. The number of rotatable bonds is 1. The van der Waals surface area contributed by atoms with Crippen LogP contribution in [0.3, 0.4) is 0 Å². The first-order valence-corrected chi connectivity index (χ1v) is 6.29. The van der Waals surface area contributed by atoms with Crippen molar-refractivity contribution in [3.05, 3.63) is 58.6 Å². The van der Waals surface area contributed by atoms with Gasteiger partial charge in [-0.1, -0.05) is 35.9 Å². The van der Waals surface area contributed by atoms with Crippen molar-refractivity contribution in [2.24, 2.45) is 0 Å². The van der Waals surface area contributed by atoms with Gasteiger partial charge in [-0.3, -0.25) is 4.79 Å². The smallest absolute Gasteiger partial charge is 0.251 e. The Morgan fingerprint density at radius 2 is 1.72 bits per heavy atom. The van der Waals surface area contributed by atoms with E-state index in [2.05, 4.69) is 11.4 Å². The van der Waals surface area contributed by atoms with E-state index < -0.39 is 0 Å². The van der Waals surface area contributed by atoms with Crippen LogP contribution < -0.4 is 5.32 Å². The number of hydrogen-bond donors (Lipinski definition) is 1.